The second kappa shape index (κ2) is 8.93. The Labute approximate surface area is 190 Å². The maximum atomic E-state index is 12.6. The molecule has 2 heterocycles. The number of carbonyl (C=O) groups excluding carboxylic acids is 3. The first kappa shape index (κ1) is 22.3. The summed E-state index contributed by atoms with van der Waals surface area (Å²) in [5.41, 5.74) is 1.45. The summed E-state index contributed by atoms with van der Waals surface area (Å²) in [6.45, 7) is 5.85. The Balaban J connectivity index is 1.43. The number of benzene rings is 2. The Hall–Kier alpha value is -3.88. The van der Waals surface area contributed by atoms with E-state index in [0.717, 1.165) is 5.56 Å². The van der Waals surface area contributed by atoms with E-state index in [1.807, 2.05) is 30.3 Å². The number of esters is 1. The highest BCUT2D eigenvalue weighted by Gasteiger charge is 2.33. The quantitative estimate of drug-likeness (QED) is 0.557. The van der Waals surface area contributed by atoms with Crippen molar-refractivity contribution in [2.75, 3.05) is 24.5 Å². The minimum Gasteiger partial charge on any atom is -0.457 e. The van der Waals surface area contributed by atoms with Gasteiger partial charge in [0.15, 0.2) is 5.58 Å². The topological polar surface area (TPSA) is 102 Å². The Morgan fingerprint density at radius 2 is 1.85 bits per heavy atom. The Morgan fingerprint density at radius 3 is 2.55 bits per heavy atom. The molecular weight excluding hydrogens is 426 g/mol. The average Bonchev–Trinajstić information content (AvgIpc) is 3.20. The molecule has 1 aliphatic rings. The molecule has 0 bridgehead atoms. The van der Waals surface area contributed by atoms with Crippen LogP contribution in [-0.2, 0) is 20.9 Å². The van der Waals surface area contributed by atoms with Gasteiger partial charge in [0.25, 0.3) is 0 Å². The number of rotatable bonds is 4. The normalized spacial score (nSPS) is 14.5. The van der Waals surface area contributed by atoms with Crippen molar-refractivity contribution < 1.29 is 28.3 Å². The molecule has 1 aliphatic heterocycles. The van der Waals surface area contributed by atoms with Gasteiger partial charge >= 0.3 is 18.1 Å². The Kier molecular flexibility index (Phi) is 6.04. The molecule has 1 aromatic heterocycles. The summed E-state index contributed by atoms with van der Waals surface area (Å²) >= 11 is 0. The van der Waals surface area contributed by atoms with E-state index in [0.29, 0.717) is 16.7 Å². The van der Waals surface area contributed by atoms with Crippen LogP contribution >= 0.6 is 0 Å². The molecule has 0 atom stereocenters. The van der Waals surface area contributed by atoms with E-state index in [9.17, 15) is 14.4 Å². The molecule has 172 valence electrons. The number of ether oxygens (including phenoxy) is 2. The lowest BCUT2D eigenvalue weighted by Gasteiger charge is -2.33. The maximum Gasteiger partial charge on any atom is 0.410 e. The highest BCUT2D eigenvalue weighted by molar-refractivity contribution is 5.97. The zero-order chi connectivity index (χ0) is 23.6. The number of amides is 2. The summed E-state index contributed by atoms with van der Waals surface area (Å²) in [4.78, 5) is 44.4. The van der Waals surface area contributed by atoms with Gasteiger partial charge in [-0.2, -0.15) is 4.98 Å². The number of hydrogen-bond donors (Lipinski definition) is 0. The number of aromatic nitrogens is 1. The lowest BCUT2D eigenvalue weighted by Crippen LogP contribution is -2.53. The smallest absolute Gasteiger partial charge is 0.410 e. The van der Waals surface area contributed by atoms with Gasteiger partial charge < -0.3 is 13.9 Å². The monoisotopic (exact) mass is 451 g/mol. The molecule has 1 saturated heterocycles. The van der Waals surface area contributed by atoms with Crippen LogP contribution in [0.2, 0.25) is 0 Å². The molecule has 0 radical (unpaired) electrons. The van der Waals surface area contributed by atoms with Crippen LogP contribution in [0.4, 0.5) is 10.8 Å². The lowest BCUT2D eigenvalue weighted by molar-refractivity contribution is -0.121. The van der Waals surface area contributed by atoms with Gasteiger partial charge in [-0.25, -0.2) is 9.59 Å². The fourth-order valence-electron chi connectivity index (χ4n) is 3.32. The second-order valence-electron chi connectivity index (χ2n) is 8.69. The molecule has 0 saturated carbocycles. The number of hydrogen-bond acceptors (Lipinski definition) is 7. The number of anilines is 1. The van der Waals surface area contributed by atoms with E-state index in [2.05, 4.69) is 4.98 Å². The van der Waals surface area contributed by atoms with Gasteiger partial charge in [-0.3, -0.25) is 14.6 Å². The molecule has 4 rings (SSSR count). The summed E-state index contributed by atoms with van der Waals surface area (Å²) in [6, 6.07) is 14.3. The van der Waals surface area contributed by atoms with Crippen LogP contribution in [0.3, 0.4) is 0 Å². The summed E-state index contributed by atoms with van der Waals surface area (Å²) in [6.07, 6.45) is -0.535. The molecule has 0 N–H and O–H groups in total. The number of oxazole rings is 1. The van der Waals surface area contributed by atoms with Crippen molar-refractivity contribution in [2.45, 2.75) is 33.0 Å². The largest absolute Gasteiger partial charge is 0.457 e. The number of fused-ring (bicyclic) bond motifs is 1. The van der Waals surface area contributed by atoms with Gasteiger partial charge in [0.1, 0.15) is 24.3 Å². The number of nitrogens with zero attached hydrogens (tertiary/aromatic N) is 3. The van der Waals surface area contributed by atoms with E-state index in [1.54, 1.807) is 39.0 Å². The van der Waals surface area contributed by atoms with Crippen molar-refractivity contribution in [3.63, 3.8) is 0 Å². The first-order valence-corrected chi connectivity index (χ1v) is 10.6. The zero-order valence-corrected chi connectivity index (χ0v) is 18.7. The van der Waals surface area contributed by atoms with Gasteiger partial charge in [0.2, 0.25) is 5.91 Å². The van der Waals surface area contributed by atoms with E-state index in [-0.39, 0.29) is 38.2 Å². The minimum absolute atomic E-state index is 0.119. The molecule has 9 nitrogen and oxygen atoms in total. The van der Waals surface area contributed by atoms with Crippen LogP contribution in [0.25, 0.3) is 11.1 Å². The van der Waals surface area contributed by atoms with E-state index >= 15 is 0 Å². The van der Waals surface area contributed by atoms with Crippen molar-refractivity contribution in [3.8, 4) is 0 Å². The third kappa shape index (κ3) is 5.31. The Morgan fingerprint density at radius 1 is 1.09 bits per heavy atom. The predicted molar refractivity (Wildman–Crippen MR) is 120 cm³/mol. The number of carbonyl (C=O) groups is 3. The third-order valence-corrected chi connectivity index (χ3v) is 4.93. The lowest BCUT2D eigenvalue weighted by atomic mass is 10.2. The number of piperazine rings is 1. The van der Waals surface area contributed by atoms with E-state index in [1.165, 1.54) is 9.80 Å². The van der Waals surface area contributed by atoms with E-state index < -0.39 is 17.7 Å². The van der Waals surface area contributed by atoms with Gasteiger partial charge in [-0.05, 0) is 44.5 Å². The predicted octanol–water partition coefficient (Wildman–Crippen LogP) is 3.77. The first-order chi connectivity index (χ1) is 15.7. The zero-order valence-electron chi connectivity index (χ0n) is 18.7. The Bertz CT molecular complexity index is 1180. The molecule has 0 aliphatic carbocycles. The summed E-state index contributed by atoms with van der Waals surface area (Å²) in [5.74, 6) is -0.812. The summed E-state index contributed by atoms with van der Waals surface area (Å²) < 4.78 is 16.4. The average molecular weight is 451 g/mol. The minimum atomic E-state index is -0.641. The molecule has 2 amide bonds. The maximum absolute atomic E-state index is 12.6. The molecule has 33 heavy (non-hydrogen) atoms. The van der Waals surface area contributed by atoms with E-state index in [4.69, 9.17) is 13.9 Å². The van der Waals surface area contributed by atoms with Crippen molar-refractivity contribution in [3.05, 3.63) is 59.7 Å². The van der Waals surface area contributed by atoms with Crippen LogP contribution in [0.5, 0.6) is 0 Å². The highest BCUT2D eigenvalue weighted by atomic mass is 16.6. The molecule has 2 aromatic carbocycles. The first-order valence-electron chi connectivity index (χ1n) is 10.6. The molecule has 1 fully saturated rings. The molecule has 0 spiro atoms. The molecule has 3 aromatic rings. The fourth-order valence-corrected chi connectivity index (χ4v) is 3.32. The van der Waals surface area contributed by atoms with Crippen molar-refractivity contribution in [1.29, 1.82) is 0 Å². The second-order valence-corrected chi connectivity index (χ2v) is 8.69. The van der Waals surface area contributed by atoms with Crippen LogP contribution in [-0.4, -0.2) is 53.1 Å². The van der Waals surface area contributed by atoms with Crippen molar-refractivity contribution in [1.82, 2.24) is 9.88 Å². The fraction of sp³-hybridized carbons (Fsp3) is 0.333. The van der Waals surface area contributed by atoms with Gasteiger partial charge in [0, 0.05) is 13.1 Å². The molecular formula is C24H25N3O6. The third-order valence-electron chi connectivity index (χ3n) is 4.93. The van der Waals surface area contributed by atoms with Crippen LogP contribution < -0.4 is 4.90 Å². The standard InChI is InChI=1S/C24H25N3O6/c1-24(2,3)33-23(30)26-11-12-27(20(28)14-26)22-25-18-13-17(9-10-19(18)32-22)21(29)31-15-16-7-5-4-6-8-16/h4-10,13H,11-12,14-15H2,1-3H3. The van der Waals surface area contributed by atoms with Crippen LogP contribution in [0, 0.1) is 0 Å². The molecule has 9 heteroatoms. The van der Waals surface area contributed by atoms with Gasteiger partial charge in [-0.15, -0.1) is 0 Å². The van der Waals surface area contributed by atoms with Crippen molar-refractivity contribution in [2.24, 2.45) is 0 Å². The highest BCUT2D eigenvalue weighted by Crippen LogP contribution is 2.25. The van der Waals surface area contributed by atoms with Crippen molar-refractivity contribution >= 4 is 35.1 Å². The summed E-state index contributed by atoms with van der Waals surface area (Å²) in [5, 5.41) is 0. The SMILES string of the molecule is CC(C)(C)OC(=O)N1CCN(c2nc3cc(C(=O)OCc4ccccc4)ccc3o2)C(=O)C1. The van der Waals surface area contributed by atoms with Crippen LogP contribution in [0.1, 0.15) is 36.7 Å². The van der Waals surface area contributed by atoms with Gasteiger partial charge in [-0.1, -0.05) is 30.3 Å². The van der Waals surface area contributed by atoms with Gasteiger partial charge in [0.05, 0.1) is 5.56 Å². The van der Waals surface area contributed by atoms with Crippen LogP contribution in [0.15, 0.2) is 52.9 Å². The summed E-state index contributed by atoms with van der Waals surface area (Å²) in [7, 11) is 0. The molecule has 0 unspecified atom stereocenters.